The third-order valence-corrected chi connectivity index (χ3v) is 4.36. The number of para-hydroxylation sites is 3. The van der Waals surface area contributed by atoms with Gasteiger partial charge in [0.25, 0.3) is 0 Å². The Hall–Kier alpha value is -2.73. The Morgan fingerprint density at radius 2 is 1.88 bits per heavy atom. The number of ether oxygens (including phenoxy) is 3. The lowest BCUT2D eigenvalue weighted by atomic mass is 10.1. The van der Waals surface area contributed by atoms with Crippen LogP contribution in [0.3, 0.4) is 0 Å². The highest BCUT2D eigenvalue weighted by Crippen LogP contribution is 2.35. The number of hydrogen-bond acceptors (Lipinski definition) is 5. The normalized spacial score (nSPS) is 15.9. The number of anilines is 2. The van der Waals surface area contributed by atoms with E-state index in [1.807, 2.05) is 42.5 Å². The van der Waals surface area contributed by atoms with Crippen LogP contribution in [0, 0.1) is 0 Å². The number of rotatable bonds is 4. The van der Waals surface area contributed by atoms with Crippen molar-refractivity contribution in [2.75, 3.05) is 43.3 Å². The van der Waals surface area contributed by atoms with Crippen molar-refractivity contribution in [2.45, 2.75) is 6.42 Å². The van der Waals surface area contributed by atoms with Crippen LogP contribution in [0.25, 0.3) is 0 Å². The largest absolute Gasteiger partial charge is 0.454 e. The summed E-state index contributed by atoms with van der Waals surface area (Å²) in [5, 5.41) is 3.03. The lowest BCUT2D eigenvalue weighted by Crippen LogP contribution is -2.36. The second kappa shape index (κ2) is 7.03. The molecule has 2 aromatic carbocycles. The molecule has 0 spiro atoms. The first kappa shape index (κ1) is 15.8. The van der Waals surface area contributed by atoms with Crippen molar-refractivity contribution in [3.05, 3.63) is 48.0 Å². The number of morpholine rings is 1. The van der Waals surface area contributed by atoms with E-state index >= 15 is 0 Å². The number of fused-ring (bicyclic) bond motifs is 1. The van der Waals surface area contributed by atoms with E-state index in [1.165, 1.54) is 0 Å². The number of amides is 1. The fourth-order valence-corrected chi connectivity index (χ4v) is 3.16. The maximum atomic E-state index is 12.6. The summed E-state index contributed by atoms with van der Waals surface area (Å²) in [4.78, 5) is 14.8. The molecule has 1 fully saturated rings. The van der Waals surface area contributed by atoms with Crippen molar-refractivity contribution in [3.8, 4) is 11.5 Å². The van der Waals surface area contributed by atoms with Crippen LogP contribution in [-0.2, 0) is 16.0 Å². The van der Waals surface area contributed by atoms with Gasteiger partial charge in [-0.2, -0.15) is 0 Å². The second-order valence-corrected chi connectivity index (χ2v) is 5.99. The van der Waals surface area contributed by atoms with E-state index in [1.54, 1.807) is 0 Å². The first-order chi connectivity index (χ1) is 12.3. The number of carbonyl (C=O) groups is 1. The first-order valence-electron chi connectivity index (χ1n) is 8.40. The van der Waals surface area contributed by atoms with Crippen molar-refractivity contribution < 1.29 is 19.0 Å². The summed E-state index contributed by atoms with van der Waals surface area (Å²) in [6.45, 7) is 3.26. The molecule has 0 bridgehead atoms. The molecule has 0 unspecified atom stereocenters. The van der Waals surface area contributed by atoms with E-state index in [9.17, 15) is 4.79 Å². The summed E-state index contributed by atoms with van der Waals surface area (Å²) in [5.41, 5.74) is 2.67. The fourth-order valence-electron chi connectivity index (χ4n) is 3.16. The van der Waals surface area contributed by atoms with E-state index in [0.717, 1.165) is 30.0 Å². The molecule has 0 radical (unpaired) electrons. The third kappa shape index (κ3) is 3.39. The van der Waals surface area contributed by atoms with Crippen LogP contribution in [0.1, 0.15) is 5.56 Å². The Labute approximate surface area is 146 Å². The van der Waals surface area contributed by atoms with Crippen LogP contribution in [0.4, 0.5) is 11.4 Å². The van der Waals surface area contributed by atoms with Gasteiger partial charge in [0.15, 0.2) is 11.5 Å². The lowest BCUT2D eigenvalue weighted by molar-refractivity contribution is -0.115. The molecule has 2 heterocycles. The zero-order valence-electron chi connectivity index (χ0n) is 13.9. The maximum absolute atomic E-state index is 12.6. The van der Waals surface area contributed by atoms with Gasteiger partial charge in [-0.15, -0.1) is 0 Å². The molecular weight excluding hydrogens is 320 g/mol. The predicted molar refractivity (Wildman–Crippen MR) is 94.4 cm³/mol. The Morgan fingerprint density at radius 1 is 1.04 bits per heavy atom. The van der Waals surface area contributed by atoms with Crippen LogP contribution in [0.2, 0.25) is 0 Å². The highest BCUT2D eigenvalue weighted by molar-refractivity contribution is 5.96. The number of benzene rings is 2. The zero-order valence-corrected chi connectivity index (χ0v) is 13.9. The van der Waals surface area contributed by atoms with E-state index < -0.39 is 0 Å². The molecule has 1 amide bonds. The van der Waals surface area contributed by atoms with Crippen LogP contribution in [0.15, 0.2) is 42.5 Å². The Kier molecular flexibility index (Phi) is 4.43. The Morgan fingerprint density at radius 3 is 2.76 bits per heavy atom. The van der Waals surface area contributed by atoms with E-state index in [4.69, 9.17) is 14.2 Å². The Bertz CT molecular complexity index is 772. The van der Waals surface area contributed by atoms with Gasteiger partial charge in [-0.3, -0.25) is 4.79 Å². The van der Waals surface area contributed by atoms with Gasteiger partial charge < -0.3 is 24.4 Å². The molecule has 0 aromatic heterocycles. The zero-order chi connectivity index (χ0) is 17.1. The average molecular weight is 340 g/mol. The monoisotopic (exact) mass is 340 g/mol. The summed E-state index contributed by atoms with van der Waals surface area (Å²) < 4.78 is 16.2. The molecule has 6 heteroatoms. The van der Waals surface area contributed by atoms with Crippen molar-refractivity contribution in [1.82, 2.24) is 0 Å². The average Bonchev–Trinajstić information content (AvgIpc) is 3.13. The minimum atomic E-state index is -0.0791. The molecule has 130 valence electrons. The van der Waals surface area contributed by atoms with Gasteiger partial charge in [0.1, 0.15) is 0 Å². The van der Waals surface area contributed by atoms with Gasteiger partial charge in [0.05, 0.1) is 31.0 Å². The van der Waals surface area contributed by atoms with Crippen LogP contribution >= 0.6 is 0 Å². The smallest absolute Gasteiger partial charge is 0.231 e. The number of carbonyl (C=O) groups excluding carboxylic acids is 1. The minimum Gasteiger partial charge on any atom is -0.454 e. The summed E-state index contributed by atoms with van der Waals surface area (Å²) in [6, 6.07) is 13.5. The minimum absolute atomic E-state index is 0.0791. The van der Waals surface area contributed by atoms with E-state index in [2.05, 4.69) is 10.2 Å². The van der Waals surface area contributed by atoms with Gasteiger partial charge in [0.2, 0.25) is 12.7 Å². The predicted octanol–water partition coefficient (Wildman–Crippen LogP) is 2.43. The topological polar surface area (TPSA) is 60.0 Å². The third-order valence-electron chi connectivity index (χ3n) is 4.36. The number of nitrogens with one attached hydrogen (secondary N) is 1. The highest BCUT2D eigenvalue weighted by Gasteiger charge is 2.20. The molecular formula is C19H20N2O4. The fraction of sp³-hybridized carbons (Fsp3) is 0.316. The molecule has 0 saturated carbocycles. The molecule has 1 N–H and O–H groups in total. The summed E-state index contributed by atoms with van der Waals surface area (Å²) in [6.07, 6.45) is 0.240. The maximum Gasteiger partial charge on any atom is 0.231 e. The molecule has 1 saturated heterocycles. The standard InChI is InChI=1S/C19H20N2O4/c22-18(12-14-4-3-7-17-19(14)25-13-24-17)20-15-5-1-2-6-16(15)21-8-10-23-11-9-21/h1-7H,8-13H2,(H,20,22). The van der Waals surface area contributed by atoms with Crippen LogP contribution in [0.5, 0.6) is 11.5 Å². The lowest BCUT2D eigenvalue weighted by Gasteiger charge is -2.30. The van der Waals surface area contributed by atoms with Crippen molar-refractivity contribution >= 4 is 17.3 Å². The molecule has 0 atom stereocenters. The second-order valence-electron chi connectivity index (χ2n) is 5.99. The van der Waals surface area contributed by atoms with Gasteiger partial charge in [-0.1, -0.05) is 24.3 Å². The molecule has 2 aliphatic rings. The molecule has 4 rings (SSSR count). The van der Waals surface area contributed by atoms with E-state index in [0.29, 0.717) is 24.7 Å². The first-order valence-corrected chi connectivity index (χ1v) is 8.40. The Balaban J connectivity index is 1.49. The van der Waals surface area contributed by atoms with Crippen LogP contribution in [-0.4, -0.2) is 39.0 Å². The van der Waals surface area contributed by atoms with Crippen LogP contribution < -0.4 is 19.7 Å². The van der Waals surface area contributed by atoms with E-state index in [-0.39, 0.29) is 19.1 Å². The quantitative estimate of drug-likeness (QED) is 0.926. The van der Waals surface area contributed by atoms with Gasteiger partial charge in [0, 0.05) is 18.7 Å². The molecule has 0 aliphatic carbocycles. The van der Waals surface area contributed by atoms with Crippen molar-refractivity contribution in [1.29, 1.82) is 0 Å². The summed E-state index contributed by atoms with van der Waals surface area (Å²) >= 11 is 0. The summed E-state index contributed by atoms with van der Waals surface area (Å²) in [5.74, 6) is 1.28. The number of nitrogens with zero attached hydrogens (tertiary/aromatic N) is 1. The van der Waals surface area contributed by atoms with Gasteiger partial charge >= 0.3 is 0 Å². The van der Waals surface area contributed by atoms with Gasteiger partial charge in [-0.05, 0) is 18.2 Å². The van der Waals surface area contributed by atoms with Gasteiger partial charge in [-0.25, -0.2) is 0 Å². The molecule has 25 heavy (non-hydrogen) atoms. The van der Waals surface area contributed by atoms with Crippen molar-refractivity contribution in [3.63, 3.8) is 0 Å². The molecule has 2 aromatic rings. The summed E-state index contributed by atoms with van der Waals surface area (Å²) in [7, 11) is 0. The van der Waals surface area contributed by atoms with Crippen molar-refractivity contribution in [2.24, 2.45) is 0 Å². The molecule has 6 nitrogen and oxygen atoms in total. The highest BCUT2D eigenvalue weighted by atomic mass is 16.7. The molecule has 2 aliphatic heterocycles. The number of hydrogen-bond donors (Lipinski definition) is 1. The SMILES string of the molecule is O=C(Cc1cccc2c1OCO2)Nc1ccccc1N1CCOCC1.